The van der Waals surface area contributed by atoms with E-state index in [4.69, 9.17) is 16.3 Å². The summed E-state index contributed by atoms with van der Waals surface area (Å²) in [5.74, 6) is 0. The second-order valence-electron chi connectivity index (χ2n) is 5.10. The van der Waals surface area contributed by atoms with Crippen LogP contribution in [-0.2, 0) is 4.74 Å². The quantitative estimate of drug-likeness (QED) is 0.602. The van der Waals surface area contributed by atoms with E-state index >= 15 is 0 Å². The molecule has 21 heavy (non-hydrogen) atoms. The predicted octanol–water partition coefficient (Wildman–Crippen LogP) is 5.25. The van der Waals surface area contributed by atoms with Gasteiger partial charge in [-0.05, 0) is 32.9 Å². The zero-order valence-electron chi connectivity index (χ0n) is 11.6. The number of ether oxygens (including phenoxy) is 1. The molecule has 0 aliphatic rings. The summed E-state index contributed by atoms with van der Waals surface area (Å²) in [6.07, 6.45) is -5.28. The average Bonchev–Trinajstić information content (AvgIpc) is 2.27. The van der Waals surface area contributed by atoms with Gasteiger partial charge in [-0.25, -0.2) is 4.79 Å². The van der Waals surface area contributed by atoms with Crippen LogP contribution in [0.2, 0.25) is 0 Å². The number of nitrogens with one attached hydrogen (secondary N) is 1. The maximum Gasteiger partial charge on any atom is 0.414 e. The maximum absolute atomic E-state index is 12.5. The van der Waals surface area contributed by atoms with E-state index in [2.05, 4.69) is 5.32 Å². The van der Waals surface area contributed by atoms with Gasteiger partial charge < -0.3 is 4.74 Å². The van der Waals surface area contributed by atoms with E-state index in [1.807, 2.05) is 0 Å². The van der Waals surface area contributed by atoms with Gasteiger partial charge in [-0.2, -0.15) is 13.2 Å². The van der Waals surface area contributed by atoms with E-state index < -0.39 is 22.6 Å². The fourth-order valence-electron chi connectivity index (χ4n) is 1.26. The minimum Gasteiger partial charge on any atom is -0.444 e. The Balaban J connectivity index is 2.83. The molecule has 118 valence electrons. The number of amides is 1. The van der Waals surface area contributed by atoms with Crippen LogP contribution in [0.15, 0.2) is 29.2 Å². The fraction of sp³-hybridized carbons (Fsp3) is 0.462. The van der Waals surface area contributed by atoms with Crippen molar-refractivity contribution in [1.29, 1.82) is 0 Å². The average molecular weight is 342 g/mol. The van der Waals surface area contributed by atoms with Gasteiger partial charge >= 0.3 is 12.3 Å². The van der Waals surface area contributed by atoms with E-state index in [0.29, 0.717) is 11.8 Å². The van der Waals surface area contributed by atoms with Gasteiger partial charge in [-0.3, -0.25) is 5.32 Å². The molecule has 1 rings (SSSR count). The molecular formula is C13H15ClF3NO2S. The summed E-state index contributed by atoms with van der Waals surface area (Å²) < 4.78 is 40.4. The van der Waals surface area contributed by atoms with Gasteiger partial charge in [0.25, 0.3) is 0 Å². The highest BCUT2D eigenvalue weighted by Crippen LogP contribution is 2.40. The van der Waals surface area contributed by atoms with Crippen molar-refractivity contribution >= 4 is 35.1 Å². The van der Waals surface area contributed by atoms with Crippen LogP contribution >= 0.6 is 23.4 Å². The monoisotopic (exact) mass is 341 g/mol. The summed E-state index contributed by atoms with van der Waals surface area (Å²) >= 11 is 5.71. The van der Waals surface area contributed by atoms with E-state index in [-0.39, 0.29) is 10.6 Å². The van der Waals surface area contributed by atoms with Crippen LogP contribution in [0.3, 0.4) is 0 Å². The van der Waals surface area contributed by atoms with E-state index in [1.165, 1.54) is 12.1 Å². The second-order valence-corrected chi connectivity index (χ2v) is 6.94. The zero-order chi connectivity index (χ0) is 16.3. The summed E-state index contributed by atoms with van der Waals surface area (Å²) in [7, 11) is 0. The summed E-state index contributed by atoms with van der Waals surface area (Å²) in [6.45, 7) is 5.06. The smallest absolute Gasteiger partial charge is 0.414 e. The van der Waals surface area contributed by atoms with Crippen molar-refractivity contribution in [2.24, 2.45) is 0 Å². The first kappa shape index (κ1) is 18.0. The number of hydrogen-bond donors (Lipinski definition) is 1. The van der Waals surface area contributed by atoms with Crippen LogP contribution in [0.25, 0.3) is 0 Å². The molecule has 0 radical (unpaired) electrons. The molecule has 1 aromatic carbocycles. The molecule has 0 aromatic heterocycles. The van der Waals surface area contributed by atoms with Crippen molar-refractivity contribution in [3.63, 3.8) is 0 Å². The third-order valence-electron chi connectivity index (χ3n) is 2.01. The lowest BCUT2D eigenvalue weighted by Gasteiger charge is -2.21. The third-order valence-corrected chi connectivity index (χ3v) is 3.61. The molecule has 0 saturated carbocycles. The Kier molecular flexibility index (Phi) is 5.81. The van der Waals surface area contributed by atoms with Gasteiger partial charge in [0.1, 0.15) is 5.60 Å². The summed E-state index contributed by atoms with van der Waals surface area (Å²) in [5.41, 5.74) is -0.487. The highest BCUT2D eigenvalue weighted by Gasteiger charge is 2.39. The summed E-state index contributed by atoms with van der Waals surface area (Å²) in [5, 5.41) is 2.42. The van der Waals surface area contributed by atoms with Crippen molar-refractivity contribution in [3.05, 3.63) is 24.3 Å². The van der Waals surface area contributed by atoms with Gasteiger partial charge in [0, 0.05) is 4.90 Å². The lowest BCUT2D eigenvalue weighted by molar-refractivity contribution is -0.113. The minimum absolute atomic E-state index is 0.209. The Bertz CT molecular complexity index is 503. The number of rotatable bonds is 3. The Labute approximate surface area is 130 Å². The van der Waals surface area contributed by atoms with Crippen molar-refractivity contribution in [3.8, 4) is 0 Å². The molecule has 0 heterocycles. The van der Waals surface area contributed by atoms with Gasteiger partial charge in [0.05, 0.1) is 5.69 Å². The van der Waals surface area contributed by atoms with Crippen molar-refractivity contribution < 1.29 is 22.7 Å². The predicted molar refractivity (Wildman–Crippen MR) is 77.9 cm³/mol. The summed E-state index contributed by atoms with van der Waals surface area (Å²) in [6, 6.07) is 6.07. The molecule has 1 N–H and O–H groups in total. The first-order valence-corrected chi connectivity index (χ1v) is 7.27. The molecule has 0 spiro atoms. The van der Waals surface area contributed by atoms with Crippen LogP contribution in [0.5, 0.6) is 0 Å². The second kappa shape index (κ2) is 6.79. The number of anilines is 1. The molecule has 0 bridgehead atoms. The maximum atomic E-state index is 12.5. The third kappa shape index (κ3) is 6.48. The number of para-hydroxylation sites is 1. The molecule has 1 aromatic rings. The first-order valence-electron chi connectivity index (χ1n) is 5.95. The first-order chi connectivity index (χ1) is 9.49. The van der Waals surface area contributed by atoms with Crippen molar-refractivity contribution in [2.75, 3.05) is 5.32 Å². The highest BCUT2D eigenvalue weighted by atomic mass is 35.5. The molecule has 0 saturated heterocycles. The summed E-state index contributed by atoms with van der Waals surface area (Å²) in [4.78, 5) is 11.9. The molecule has 0 aliphatic carbocycles. The van der Waals surface area contributed by atoms with Gasteiger partial charge in [-0.15, -0.1) is 11.6 Å². The van der Waals surface area contributed by atoms with Crippen molar-refractivity contribution in [1.82, 2.24) is 0 Å². The van der Waals surface area contributed by atoms with Crippen LogP contribution in [0.1, 0.15) is 20.8 Å². The van der Waals surface area contributed by atoms with E-state index in [1.54, 1.807) is 32.9 Å². The topological polar surface area (TPSA) is 38.3 Å². The number of hydrogen-bond acceptors (Lipinski definition) is 3. The van der Waals surface area contributed by atoms with Crippen molar-refractivity contribution in [2.45, 2.75) is 42.2 Å². The Hall–Kier alpha value is -1.08. The number of benzene rings is 1. The molecule has 1 amide bonds. The van der Waals surface area contributed by atoms with Crippen LogP contribution in [0, 0.1) is 0 Å². The van der Waals surface area contributed by atoms with Crippen LogP contribution in [-0.4, -0.2) is 22.6 Å². The molecule has 0 aliphatic heterocycles. The molecule has 8 heteroatoms. The lowest BCUT2D eigenvalue weighted by atomic mass is 10.2. The highest BCUT2D eigenvalue weighted by molar-refractivity contribution is 8.01. The largest absolute Gasteiger partial charge is 0.444 e. The normalized spacial score (nSPS) is 13.7. The minimum atomic E-state index is -4.54. The molecule has 0 fully saturated rings. The standard InChI is InChI=1S/C13H15ClF3NO2S/c1-12(2,3)20-11(19)18-8-6-4-5-7-9(8)21-10(14)13(15,16)17/h4-7,10H,1-3H3,(H,18,19). The molecular weight excluding hydrogens is 327 g/mol. The Morgan fingerprint density at radius 2 is 1.86 bits per heavy atom. The van der Waals surface area contributed by atoms with Crippen LogP contribution in [0.4, 0.5) is 23.7 Å². The fourth-order valence-corrected chi connectivity index (χ4v) is 2.31. The van der Waals surface area contributed by atoms with E-state index in [0.717, 1.165) is 0 Å². The molecule has 1 unspecified atom stereocenters. The zero-order valence-corrected chi connectivity index (χ0v) is 13.2. The molecule has 1 atom stereocenters. The number of halogens is 4. The molecule has 3 nitrogen and oxygen atoms in total. The van der Waals surface area contributed by atoms with E-state index in [9.17, 15) is 18.0 Å². The van der Waals surface area contributed by atoms with Gasteiger partial charge in [0.15, 0.2) is 4.71 Å². The Morgan fingerprint density at radius 3 is 2.38 bits per heavy atom. The van der Waals surface area contributed by atoms with Gasteiger partial charge in [0.2, 0.25) is 0 Å². The number of thioether (sulfide) groups is 1. The Morgan fingerprint density at radius 1 is 1.29 bits per heavy atom. The number of alkyl halides is 4. The number of carbonyl (C=O) groups excluding carboxylic acids is 1. The van der Waals surface area contributed by atoms with Crippen LogP contribution < -0.4 is 5.32 Å². The SMILES string of the molecule is CC(C)(C)OC(=O)Nc1ccccc1SC(Cl)C(F)(F)F. The van der Waals surface area contributed by atoms with Gasteiger partial charge in [-0.1, -0.05) is 23.9 Å². The number of carbonyl (C=O) groups is 1. The lowest BCUT2D eigenvalue weighted by Crippen LogP contribution is -2.27.